The molecule has 8 nitrogen and oxygen atoms in total. The van der Waals surface area contributed by atoms with Gasteiger partial charge in [0.05, 0.1) is 33.0 Å². The van der Waals surface area contributed by atoms with E-state index >= 15 is 0 Å². The molecule has 3 aliphatic heterocycles. The third-order valence-corrected chi connectivity index (χ3v) is 7.04. The van der Waals surface area contributed by atoms with Gasteiger partial charge in [0.15, 0.2) is 11.5 Å². The van der Waals surface area contributed by atoms with Gasteiger partial charge >= 0.3 is 6.09 Å². The maximum atomic E-state index is 13.4. The summed E-state index contributed by atoms with van der Waals surface area (Å²) in [5.74, 6) is 1.03. The number of alkyl halides is 1. The Labute approximate surface area is 200 Å². The zero-order valence-corrected chi connectivity index (χ0v) is 20.7. The monoisotopic (exact) mass is 477 g/mol. The quantitative estimate of drug-likeness (QED) is 0.702. The van der Waals surface area contributed by atoms with Crippen molar-refractivity contribution in [1.29, 1.82) is 0 Å². The fraction of sp³-hybridized carbons (Fsp3) is 0.680. The van der Waals surface area contributed by atoms with Crippen molar-refractivity contribution in [3.8, 4) is 11.5 Å². The molecule has 1 aromatic rings. The summed E-state index contributed by atoms with van der Waals surface area (Å²) in [4.78, 5) is 29.6. The van der Waals surface area contributed by atoms with Crippen molar-refractivity contribution < 1.29 is 28.2 Å². The molecule has 0 bridgehead atoms. The summed E-state index contributed by atoms with van der Waals surface area (Å²) >= 11 is 0. The van der Waals surface area contributed by atoms with Crippen LogP contribution in [-0.2, 0) is 16.0 Å². The van der Waals surface area contributed by atoms with Crippen molar-refractivity contribution in [3.63, 3.8) is 0 Å². The molecule has 0 radical (unpaired) electrons. The second-order valence-electron chi connectivity index (χ2n) is 10.5. The predicted octanol–water partition coefficient (Wildman–Crippen LogP) is 3.09. The number of piperidine rings is 1. The molecule has 2 fully saturated rings. The highest BCUT2D eigenvalue weighted by Crippen LogP contribution is 2.43. The molecule has 3 aliphatic rings. The molecule has 4 atom stereocenters. The first kappa shape index (κ1) is 24.6. The standard InChI is InChI=1S/C25H36FN3O5/c1-25(2,3)34-24(31)27-18-11-19-17-10-22(33-5)21(32-4)9-16(17)6-7-28(19)14-20(18)29-13-15(12-26)8-23(29)30/h9-10,15,18-20H,6-8,11-14H2,1-5H3,(H,27,31)/t15-,18-,19-,20-/m0/s1. The summed E-state index contributed by atoms with van der Waals surface area (Å²) in [5.41, 5.74) is 1.71. The molecule has 4 rings (SSSR count). The predicted molar refractivity (Wildman–Crippen MR) is 125 cm³/mol. The topological polar surface area (TPSA) is 80.3 Å². The Hall–Kier alpha value is -2.55. The molecule has 1 N–H and O–H groups in total. The van der Waals surface area contributed by atoms with Gasteiger partial charge in [-0.3, -0.25) is 14.1 Å². The summed E-state index contributed by atoms with van der Waals surface area (Å²) in [6, 6.07) is 3.54. The molecule has 0 unspecified atom stereocenters. The Morgan fingerprint density at radius 3 is 2.50 bits per heavy atom. The zero-order valence-electron chi connectivity index (χ0n) is 20.7. The van der Waals surface area contributed by atoms with Gasteiger partial charge in [-0.05, 0) is 56.9 Å². The molecule has 1 aromatic carbocycles. The van der Waals surface area contributed by atoms with Gasteiger partial charge in [-0.15, -0.1) is 0 Å². The van der Waals surface area contributed by atoms with Crippen LogP contribution in [0, 0.1) is 5.92 Å². The number of fused-ring (bicyclic) bond motifs is 3. The average Bonchev–Trinajstić information content (AvgIpc) is 3.16. The second kappa shape index (κ2) is 9.60. The lowest BCUT2D eigenvalue weighted by atomic mass is 9.82. The Kier molecular flexibility index (Phi) is 6.94. The smallest absolute Gasteiger partial charge is 0.407 e. The highest BCUT2D eigenvalue weighted by Gasteiger charge is 2.46. The number of amides is 2. The first-order chi connectivity index (χ1) is 16.1. The van der Waals surface area contributed by atoms with E-state index in [1.807, 2.05) is 32.9 Å². The number of hydrogen-bond acceptors (Lipinski definition) is 6. The normalized spacial score (nSPS) is 27.1. The number of likely N-dealkylation sites (tertiary alicyclic amines) is 1. The number of carbonyl (C=O) groups excluding carboxylic acids is 2. The van der Waals surface area contributed by atoms with E-state index in [0.29, 0.717) is 31.0 Å². The number of nitrogens with one attached hydrogen (secondary N) is 1. The maximum Gasteiger partial charge on any atom is 0.407 e. The minimum absolute atomic E-state index is 0.0501. The largest absolute Gasteiger partial charge is 0.493 e. The number of ether oxygens (including phenoxy) is 3. The van der Waals surface area contributed by atoms with Crippen molar-refractivity contribution in [3.05, 3.63) is 23.3 Å². The summed E-state index contributed by atoms with van der Waals surface area (Å²) in [6.07, 6.45) is 1.17. The molecule has 0 spiro atoms. The zero-order chi connectivity index (χ0) is 24.6. The highest BCUT2D eigenvalue weighted by atomic mass is 19.1. The van der Waals surface area contributed by atoms with Gasteiger partial charge < -0.3 is 24.4 Å². The number of methoxy groups -OCH3 is 2. The van der Waals surface area contributed by atoms with Gasteiger partial charge in [0, 0.05) is 38.0 Å². The van der Waals surface area contributed by atoms with Gasteiger partial charge in [0.25, 0.3) is 0 Å². The summed E-state index contributed by atoms with van der Waals surface area (Å²) in [7, 11) is 3.25. The number of hydrogen-bond donors (Lipinski definition) is 1. The number of nitrogens with zero attached hydrogens (tertiary/aromatic N) is 2. The van der Waals surface area contributed by atoms with Crippen LogP contribution in [0.4, 0.5) is 9.18 Å². The van der Waals surface area contributed by atoms with Gasteiger partial charge in [0.1, 0.15) is 5.60 Å². The molecule has 0 aromatic heterocycles. The lowest BCUT2D eigenvalue weighted by molar-refractivity contribution is -0.132. The first-order valence-corrected chi connectivity index (χ1v) is 12.0. The molecule has 2 amide bonds. The summed E-state index contributed by atoms with van der Waals surface area (Å²) in [5, 5.41) is 3.04. The Balaban J connectivity index is 1.63. The van der Waals surface area contributed by atoms with Crippen molar-refractivity contribution >= 4 is 12.0 Å². The molecule has 34 heavy (non-hydrogen) atoms. The molecule has 188 valence electrons. The van der Waals surface area contributed by atoms with E-state index in [1.165, 1.54) is 5.56 Å². The Morgan fingerprint density at radius 2 is 1.88 bits per heavy atom. The highest BCUT2D eigenvalue weighted by molar-refractivity contribution is 5.79. The summed E-state index contributed by atoms with van der Waals surface area (Å²) in [6.45, 7) is 6.76. The van der Waals surface area contributed by atoms with Crippen molar-refractivity contribution in [2.24, 2.45) is 5.92 Å². The molecular weight excluding hydrogens is 441 g/mol. The third-order valence-electron chi connectivity index (χ3n) is 7.04. The lowest BCUT2D eigenvalue weighted by Crippen LogP contribution is -2.62. The molecular formula is C25H36FN3O5. The SMILES string of the molecule is COc1cc2c(cc1OC)[C@@H]1C[C@H](NC(=O)OC(C)(C)C)[C@@H](N3C[C@H](CF)CC3=O)CN1CC2. The van der Waals surface area contributed by atoms with Crippen LogP contribution < -0.4 is 14.8 Å². The summed E-state index contributed by atoms with van der Waals surface area (Å²) < 4.78 is 29.9. The Morgan fingerprint density at radius 1 is 1.18 bits per heavy atom. The fourth-order valence-corrected chi connectivity index (χ4v) is 5.50. The number of halogens is 1. The van der Waals surface area contributed by atoms with Crippen LogP contribution in [0.3, 0.4) is 0 Å². The fourth-order valence-electron chi connectivity index (χ4n) is 5.50. The van der Waals surface area contributed by atoms with Crippen LogP contribution in [0.2, 0.25) is 0 Å². The molecule has 0 saturated carbocycles. The number of rotatable bonds is 5. The molecule has 3 heterocycles. The van der Waals surface area contributed by atoms with Crippen molar-refractivity contribution in [1.82, 2.24) is 15.1 Å². The third kappa shape index (κ3) is 4.94. The van der Waals surface area contributed by atoms with Crippen LogP contribution in [0.15, 0.2) is 12.1 Å². The van der Waals surface area contributed by atoms with Gasteiger partial charge in [-0.25, -0.2) is 4.79 Å². The van der Waals surface area contributed by atoms with Crippen molar-refractivity contribution in [2.75, 3.05) is 40.5 Å². The van der Waals surface area contributed by atoms with Crippen LogP contribution in [0.25, 0.3) is 0 Å². The molecule has 9 heteroatoms. The van der Waals surface area contributed by atoms with E-state index in [9.17, 15) is 14.0 Å². The second-order valence-corrected chi connectivity index (χ2v) is 10.5. The number of alkyl carbamates (subject to hydrolysis) is 1. The number of benzene rings is 1. The average molecular weight is 478 g/mol. The van der Waals surface area contributed by atoms with E-state index in [0.717, 1.165) is 18.5 Å². The van der Waals surface area contributed by atoms with Crippen LogP contribution >= 0.6 is 0 Å². The van der Waals surface area contributed by atoms with E-state index in [1.54, 1.807) is 19.1 Å². The lowest BCUT2D eigenvalue weighted by Gasteiger charge is -2.49. The Bertz CT molecular complexity index is 934. The molecule has 0 aliphatic carbocycles. The van der Waals surface area contributed by atoms with Crippen LogP contribution in [0.1, 0.15) is 50.8 Å². The molecule has 2 saturated heterocycles. The van der Waals surface area contributed by atoms with E-state index in [2.05, 4.69) is 10.2 Å². The minimum Gasteiger partial charge on any atom is -0.493 e. The minimum atomic E-state index is -0.634. The van der Waals surface area contributed by atoms with Crippen molar-refractivity contribution in [2.45, 2.75) is 63.8 Å². The first-order valence-electron chi connectivity index (χ1n) is 12.0. The van der Waals surface area contributed by atoms with E-state index < -0.39 is 18.4 Å². The van der Waals surface area contributed by atoms with E-state index in [4.69, 9.17) is 14.2 Å². The van der Waals surface area contributed by atoms with Crippen LogP contribution in [0.5, 0.6) is 11.5 Å². The maximum absolute atomic E-state index is 13.4. The number of carbonyl (C=O) groups is 2. The van der Waals surface area contributed by atoms with E-state index in [-0.39, 0.29) is 36.4 Å². The van der Waals surface area contributed by atoms with Gasteiger partial charge in [-0.2, -0.15) is 0 Å². The van der Waals surface area contributed by atoms with Gasteiger partial charge in [-0.1, -0.05) is 0 Å². The van der Waals surface area contributed by atoms with Crippen LogP contribution in [-0.4, -0.2) is 80.0 Å². The van der Waals surface area contributed by atoms with Gasteiger partial charge in [0.2, 0.25) is 5.91 Å².